The third kappa shape index (κ3) is 5.52. The molecular formula is C17H27N3O8. The zero-order valence-electron chi connectivity index (χ0n) is 15.4. The van der Waals surface area contributed by atoms with Crippen LogP contribution in [0.4, 0.5) is 5.69 Å². The summed E-state index contributed by atoms with van der Waals surface area (Å²) >= 11 is 0. The van der Waals surface area contributed by atoms with Crippen LogP contribution in [0.1, 0.15) is 5.56 Å². The summed E-state index contributed by atoms with van der Waals surface area (Å²) < 4.78 is 15.9. The number of aliphatic carboxylic acids is 1. The Labute approximate surface area is 162 Å². The lowest BCUT2D eigenvalue weighted by Gasteiger charge is -2.38. The van der Waals surface area contributed by atoms with Crippen molar-refractivity contribution in [3.8, 4) is 5.75 Å². The predicted molar refractivity (Wildman–Crippen MR) is 97.6 cm³/mol. The van der Waals surface area contributed by atoms with Crippen molar-refractivity contribution in [1.29, 1.82) is 0 Å². The van der Waals surface area contributed by atoms with Crippen LogP contribution in [0.3, 0.4) is 0 Å². The number of hydrogen-bond donors (Lipinski definition) is 7. The molecule has 158 valence electrons. The highest BCUT2D eigenvalue weighted by Gasteiger charge is 2.48. The average molecular weight is 401 g/mol. The van der Waals surface area contributed by atoms with Crippen LogP contribution in [-0.2, 0) is 20.9 Å². The molecule has 0 aromatic heterocycles. The lowest BCUT2D eigenvalue weighted by molar-refractivity contribution is -0.271. The fourth-order valence-electron chi connectivity index (χ4n) is 2.74. The lowest BCUT2D eigenvalue weighted by Crippen LogP contribution is -2.61. The molecule has 1 aromatic carbocycles. The first-order valence-corrected chi connectivity index (χ1v) is 8.74. The Balaban J connectivity index is 2.18. The van der Waals surface area contributed by atoms with Gasteiger partial charge in [-0.3, -0.25) is 0 Å². The van der Waals surface area contributed by atoms with Crippen molar-refractivity contribution in [2.24, 2.45) is 5.73 Å². The number of carboxylic acid groups (broad SMARTS) is 1. The number of methoxy groups -OCH3 is 1. The smallest absolute Gasteiger partial charge is 0.335 e. The summed E-state index contributed by atoms with van der Waals surface area (Å²) in [6.07, 6.45) is -8.39. The molecule has 1 saturated heterocycles. The second-order valence-electron chi connectivity index (χ2n) is 6.25. The number of aliphatic hydroxyl groups excluding tert-OH is 3. The first-order valence-electron chi connectivity index (χ1n) is 8.74. The molecule has 0 bridgehead atoms. The van der Waals surface area contributed by atoms with Crippen molar-refractivity contribution in [3.05, 3.63) is 23.8 Å². The zero-order chi connectivity index (χ0) is 20.7. The van der Waals surface area contributed by atoms with Crippen LogP contribution in [0.5, 0.6) is 5.75 Å². The maximum absolute atomic E-state index is 11.2. The molecule has 5 unspecified atom stereocenters. The van der Waals surface area contributed by atoms with E-state index in [0.29, 0.717) is 32.1 Å². The fourth-order valence-corrected chi connectivity index (χ4v) is 2.74. The molecule has 1 heterocycles. The van der Waals surface area contributed by atoms with Crippen LogP contribution in [0.25, 0.3) is 0 Å². The third-order valence-corrected chi connectivity index (χ3v) is 4.17. The summed E-state index contributed by atoms with van der Waals surface area (Å²) in [5.41, 5.74) is 6.79. The van der Waals surface area contributed by atoms with E-state index in [1.54, 1.807) is 25.3 Å². The van der Waals surface area contributed by atoms with E-state index in [0.717, 1.165) is 5.56 Å². The molecule has 11 heteroatoms. The maximum atomic E-state index is 11.2. The molecular weight excluding hydrogens is 374 g/mol. The average Bonchev–Trinajstić information content (AvgIpc) is 2.67. The Morgan fingerprint density at radius 1 is 1.21 bits per heavy atom. The van der Waals surface area contributed by atoms with E-state index in [4.69, 9.17) is 25.1 Å². The van der Waals surface area contributed by atoms with Crippen LogP contribution in [0.2, 0.25) is 0 Å². The molecule has 1 aliphatic heterocycles. The van der Waals surface area contributed by atoms with Crippen LogP contribution in [-0.4, -0.2) is 84.0 Å². The van der Waals surface area contributed by atoms with E-state index < -0.39 is 36.7 Å². The molecule has 1 aliphatic rings. The highest BCUT2D eigenvalue weighted by molar-refractivity contribution is 5.73. The number of benzene rings is 1. The van der Waals surface area contributed by atoms with Crippen molar-refractivity contribution in [3.63, 3.8) is 0 Å². The third-order valence-electron chi connectivity index (χ3n) is 4.17. The molecule has 0 radical (unpaired) electrons. The number of carbonyl (C=O) groups is 1. The van der Waals surface area contributed by atoms with Gasteiger partial charge in [0.1, 0.15) is 24.1 Å². The van der Waals surface area contributed by atoms with Gasteiger partial charge in [-0.25, -0.2) is 4.79 Å². The molecule has 0 amide bonds. The van der Waals surface area contributed by atoms with E-state index in [9.17, 15) is 20.1 Å². The Hall–Kier alpha value is -1.99. The van der Waals surface area contributed by atoms with Crippen molar-refractivity contribution < 1.29 is 39.4 Å². The van der Waals surface area contributed by atoms with E-state index >= 15 is 0 Å². The Morgan fingerprint density at radius 2 is 1.96 bits per heavy atom. The minimum absolute atomic E-state index is 0.268. The van der Waals surface area contributed by atoms with Crippen LogP contribution in [0, 0.1) is 0 Å². The van der Waals surface area contributed by atoms with Gasteiger partial charge in [-0.15, -0.1) is 0 Å². The zero-order valence-corrected chi connectivity index (χ0v) is 15.4. The number of nitrogens with two attached hydrogens (primary N) is 1. The van der Waals surface area contributed by atoms with Crippen LogP contribution in [0.15, 0.2) is 18.2 Å². The van der Waals surface area contributed by atoms with Gasteiger partial charge < -0.3 is 51.0 Å². The summed E-state index contributed by atoms with van der Waals surface area (Å²) in [6.45, 7) is 1.79. The monoisotopic (exact) mass is 401 g/mol. The topological polar surface area (TPSA) is 176 Å². The second-order valence-corrected chi connectivity index (χ2v) is 6.25. The number of aliphatic hydroxyl groups is 3. The van der Waals surface area contributed by atoms with Gasteiger partial charge in [0.05, 0.1) is 12.3 Å². The number of anilines is 1. The van der Waals surface area contributed by atoms with Gasteiger partial charge in [-0.2, -0.15) is 0 Å². The minimum atomic E-state index is -1.78. The maximum Gasteiger partial charge on any atom is 0.335 e. The SMILES string of the molecule is COCc1ccc(OC2OC(C(=O)O)C(O)C(O)C2O)c(NCCNCN)c1. The Morgan fingerprint density at radius 3 is 2.61 bits per heavy atom. The van der Waals surface area contributed by atoms with Gasteiger partial charge in [-0.1, -0.05) is 6.07 Å². The molecule has 1 aromatic rings. The minimum Gasteiger partial charge on any atom is -0.479 e. The summed E-state index contributed by atoms with van der Waals surface area (Å²) in [6, 6.07) is 5.12. The highest BCUT2D eigenvalue weighted by atomic mass is 16.7. The van der Waals surface area contributed by atoms with E-state index in [2.05, 4.69) is 10.6 Å². The summed E-state index contributed by atoms with van der Waals surface area (Å²) in [5, 5.41) is 45.0. The molecule has 0 aliphatic carbocycles. The number of carboxylic acids is 1. The molecule has 8 N–H and O–H groups in total. The van der Waals surface area contributed by atoms with Crippen LogP contribution >= 0.6 is 0 Å². The lowest BCUT2D eigenvalue weighted by atomic mass is 9.99. The van der Waals surface area contributed by atoms with Crippen molar-refractivity contribution in [2.75, 3.05) is 32.2 Å². The largest absolute Gasteiger partial charge is 0.479 e. The summed E-state index contributed by atoms with van der Waals surface area (Å²) in [7, 11) is 1.56. The fraction of sp³-hybridized carbons (Fsp3) is 0.588. The highest BCUT2D eigenvalue weighted by Crippen LogP contribution is 2.30. The Kier molecular flexibility index (Phi) is 8.38. The molecule has 0 saturated carbocycles. The van der Waals surface area contributed by atoms with Gasteiger partial charge >= 0.3 is 5.97 Å². The van der Waals surface area contributed by atoms with E-state index in [1.165, 1.54) is 0 Å². The number of rotatable bonds is 10. The number of ether oxygens (including phenoxy) is 3. The van der Waals surface area contributed by atoms with Gasteiger partial charge in [0, 0.05) is 26.9 Å². The van der Waals surface area contributed by atoms with Crippen molar-refractivity contribution in [2.45, 2.75) is 37.3 Å². The Bertz CT molecular complexity index is 647. The standard InChI is InChI=1S/C17H27N3O8/c1-26-7-9-2-3-11(10(6-9)20-5-4-19-8-18)27-17-14(23)12(21)13(22)15(28-17)16(24)25/h2-3,6,12-15,17,19-23H,4-5,7-8,18H2,1H3,(H,24,25). The van der Waals surface area contributed by atoms with Gasteiger partial charge in [0.25, 0.3) is 0 Å². The molecule has 2 rings (SSSR count). The molecule has 28 heavy (non-hydrogen) atoms. The normalized spacial score (nSPS) is 27.4. The van der Waals surface area contributed by atoms with Crippen molar-refractivity contribution >= 4 is 11.7 Å². The van der Waals surface area contributed by atoms with Gasteiger partial charge in [0.2, 0.25) is 6.29 Å². The van der Waals surface area contributed by atoms with E-state index in [-0.39, 0.29) is 5.75 Å². The molecule has 0 spiro atoms. The summed E-state index contributed by atoms with van der Waals surface area (Å²) in [4.78, 5) is 11.2. The summed E-state index contributed by atoms with van der Waals surface area (Å²) in [5.74, 6) is -1.21. The molecule has 5 atom stereocenters. The quantitative estimate of drug-likeness (QED) is 0.171. The van der Waals surface area contributed by atoms with Crippen LogP contribution < -0.4 is 21.1 Å². The van der Waals surface area contributed by atoms with Crippen molar-refractivity contribution in [1.82, 2.24) is 5.32 Å². The first-order chi connectivity index (χ1) is 13.4. The number of hydrogen-bond acceptors (Lipinski definition) is 10. The van der Waals surface area contributed by atoms with E-state index in [1.807, 2.05) is 0 Å². The second kappa shape index (κ2) is 10.5. The van der Waals surface area contributed by atoms with Gasteiger partial charge in [-0.05, 0) is 17.7 Å². The molecule has 1 fully saturated rings. The first kappa shape index (κ1) is 22.3. The number of nitrogens with one attached hydrogen (secondary N) is 2. The van der Waals surface area contributed by atoms with Gasteiger partial charge in [0.15, 0.2) is 6.10 Å². The molecule has 11 nitrogen and oxygen atoms in total. The predicted octanol–water partition coefficient (Wildman–Crippen LogP) is -1.98.